The van der Waals surface area contributed by atoms with E-state index in [4.69, 9.17) is 5.26 Å². The van der Waals surface area contributed by atoms with Crippen LogP contribution in [0.15, 0.2) is 54.6 Å². The van der Waals surface area contributed by atoms with Crippen LogP contribution in [0.2, 0.25) is 0 Å². The van der Waals surface area contributed by atoms with Gasteiger partial charge in [-0.2, -0.15) is 5.26 Å². The zero-order valence-corrected chi connectivity index (χ0v) is 9.81. The third-order valence-corrected chi connectivity index (χ3v) is 2.68. The van der Waals surface area contributed by atoms with Crippen LogP contribution in [-0.4, -0.2) is 0 Å². The minimum absolute atomic E-state index is 0.0818. The molecule has 0 aliphatic heterocycles. The van der Waals surface area contributed by atoms with Crippen molar-refractivity contribution in [1.29, 1.82) is 5.26 Å². The molecule has 2 aromatic carbocycles. The van der Waals surface area contributed by atoms with Gasteiger partial charge in [-0.05, 0) is 29.8 Å². The van der Waals surface area contributed by atoms with Crippen LogP contribution in [0.1, 0.15) is 18.0 Å². The van der Waals surface area contributed by atoms with E-state index < -0.39 is 0 Å². The third-order valence-electron chi connectivity index (χ3n) is 2.68. The van der Waals surface area contributed by atoms with Gasteiger partial charge in [0, 0.05) is 5.69 Å². The first-order chi connectivity index (χ1) is 8.79. The minimum Gasteiger partial charge on any atom is -0.377 e. The molecule has 90 valence electrons. The monoisotopic (exact) mass is 240 g/mol. The Labute approximate surface area is 106 Å². The summed E-state index contributed by atoms with van der Waals surface area (Å²) in [7, 11) is 0. The molecule has 0 fully saturated rings. The summed E-state index contributed by atoms with van der Waals surface area (Å²) in [6.45, 7) is 0. The molecule has 0 saturated carbocycles. The van der Waals surface area contributed by atoms with Gasteiger partial charge < -0.3 is 5.32 Å². The minimum atomic E-state index is -0.267. The SMILES string of the molecule is N#CCC(Nc1ccc(F)cc1)c1ccccc1. The van der Waals surface area contributed by atoms with Crippen LogP contribution in [0, 0.1) is 17.1 Å². The highest BCUT2D eigenvalue weighted by Gasteiger charge is 2.10. The van der Waals surface area contributed by atoms with Crippen molar-refractivity contribution in [3.8, 4) is 6.07 Å². The van der Waals surface area contributed by atoms with E-state index >= 15 is 0 Å². The molecule has 3 heteroatoms. The lowest BCUT2D eigenvalue weighted by atomic mass is 10.0. The molecule has 0 aliphatic rings. The summed E-state index contributed by atoms with van der Waals surface area (Å²) in [5.74, 6) is -0.267. The maximum atomic E-state index is 12.8. The van der Waals surface area contributed by atoms with Crippen molar-refractivity contribution in [2.75, 3.05) is 5.32 Å². The number of benzene rings is 2. The van der Waals surface area contributed by atoms with Gasteiger partial charge in [0.2, 0.25) is 0 Å². The summed E-state index contributed by atoms with van der Waals surface area (Å²) in [4.78, 5) is 0. The van der Waals surface area contributed by atoms with Crippen LogP contribution in [0.3, 0.4) is 0 Å². The molecule has 2 nitrogen and oxygen atoms in total. The molecule has 2 rings (SSSR count). The number of halogens is 1. The molecule has 0 radical (unpaired) electrons. The van der Waals surface area contributed by atoms with E-state index in [2.05, 4.69) is 11.4 Å². The van der Waals surface area contributed by atoms with Crippen molar-refractivity contribution in [3.63, 3.8) is 0 Å². The van der Waals surface area contributed by atoms with Crippen molar-refractivity contribution in [2.45, 2.75) is 12.5 Å². The van der Waals surface area contributed by atoms with Crippen molar-refractivity contribution < 1.29 is 4.39 Å². The molecule has 1 unspecified atom stereocenters. The van der Waals surface area contributed by atoms with Crippen LogP contribution in [0.4, 0.5) is 10.1 Å². The van der Waals surface area contributed by atoms with Crippen LogP contribution in [-0.2, 0) is 0 Å². The van der Waals surface area contributed by atoms with Crippen LogP contribution in [0.25, 0.3) is 0 Å². The smallest absolute Gasteiger partial charge is 0.123 e. The average molecular weight is 240 g/mol. The topological polar surface area (TPSA) is 35.8 Å². The number of nitrogens with one attached hydrogen (secondary N) is 1. The van der Waals surface area contributed by atoms with E-state index in [0.717, 1.165) is 11.3 Å². The number of hydrogen-bond acceptors (Lipinski definition) is 2. The van der Waals surface area contributed by atoms with Crippen molar-refractivity contribution in [3.05, 3.63) is 66.0 Å². The molecule has 0 bridgehead atoms. The van der Waals surface area contributed by atoms with Crippen molar-refractivity contribution >= 4 is 5.69 Å². The molecule has 0 heterocycles. The third kappa shape index (κ3) is 3.08. The first-order valence-electron chi connectivity index (χ1n) is 5.73. The number of nitriles is 1. The number of nitrogens with zero attached hydrogens (tertiary/aromatic N) is 1. The molecule has 0 aromatic heterocycles. The van der Waals surface area contributed by atoms with Crippen LogP contribution in [0.5, 0.6) is 0 Å². The fraction of sp³-hybridized carbons (Fsp3) is 0.133. The van der Waals surface area contributed by atoms with Gasteiger partial charge >= 0.3 is 0 Å². The van der Waals surface area contributed by atoms with E-state index in [1.807, 2.05) is 30.3 Å². The standard InChI is InChI=1S/C15H13FN2/c16-13-6-8-14(9-7-13)18-15(10-11-17)12-4-2-1-3-5-12/h1-9,15,18H,10H2. The quantitative estimate of drug-likeness (QED) is 0.879. The van der Waals surface area contributed by atoms with Gasteiger partial charge in [0.1, 0.15) is 5.82 Å². The second-order valence-corrected chi connectivity index (χ2v) is 3.98. The van der Waals surface area contributed by atoms with E-state index in [9.17, 15) is 4.39 Å². The number of rotatable bonds is 4. The lowest BCUT2D eigenvalue weighted by molar-refractivity contribution is 0.628. The van der Waals surface area contributed by atoms with Gasteiger partial charge in [-0.1, -0.05) is 30.3 Å². The van der Waals surface area contributed by atoms with Crippen LogP contribution >= 0.6 is 0 Å². The molecule has 1 N–H and O–H groups in total. The first-order valence-corrected chi connectivity index (χ1v) is 5.73. The molecule has 0 amide bonds. The molecular formula is C15H13FN2. The second kappa shape index (κ2) is 5.83. The molecule has 0 spiro atoms. The zero-order chi connectivity index (χ0) is 12.8. The summed E-state index contributed by atoms with van der Waals surface area (Å²) >= 11 is 0. The van der Waals surface area contributed by atoms with Gasteiger partial charge in [0.05, 0.1) is 18.5 Å². The second-order valence-electron chi connectivity index (χ2n) is 3.98. The molecule has 0 saturated heterocycles. The largest absolute Gasteiger partial charge is 0.377 e. The first kappa shape index (κ1) is 12.1. The highest BCUT2D eigenvalue weighted by molar-refractivity contribution is 5.45. The Morgan fingerprint density at radius 1 is 1.06 bits per heavy atom. The molecular weight excluding hydrogens is 227 g/mol. The van der Waals surface area contributed by atoms with E-state index in [1.54, 1.807) is 12.1 Å². The fourth-order valence-corrected chi connectivity index (χ4v) is 1.78. The highest BCUT2D eigenvalue weighted by Crippen LogP contribution is 2.22. The lowest BCUT2D eigenvalue weighted by Gasteiger charge is -2.17. The number of anilines is 1. The molecule has 0 aliphatic carbocycles. The normalized spacial score (nSPS) is 11.6. The summed E-state index contributed by atoms with van der Waals surface area (Å²) in [5, 5.41) is 12.1. The average Bonchev–Trinajstić information content (AvgIpc) is 2.42. The van der Waals surface area contributed by atoms with E-state index in [1.165, 1.54) is 12.1 Å². The number of hydrogen-bond donors (Lipinski definition) is 1. The van der Waals surface area contributed by atoms with Gasteiger partial charge in [0.25, 0.3) is 0 Å². The Morgan fingerprint density at radius 3 is 2.33 bits per heavy atom. The van der Waals surface area contributed by atoms with Crippen molar-refractivity contribution in [2.24, 2.45) is 0 Å². The predicted octanol–water partition coefficient (Wildman–Crippen LogP) is 3.89. The highest BCUT2D eigenvalue weighted by atomic mass is 19.1. The Hall–Kier alpha value is -2.34. The lowest BCUT2D eigenvalue weighted by Crippen LogP contribution is -2.09. The zero-order valence-electron chi connectivity index (χ0n) is 9.81. The van der Waals surface area contributed by atoms with E-state index in [-0.39, 0.29) is 11.9 Å². The molecule has 1 atom stereocenters. The van der Waals surface area contributed by atoms with Gasteiger partial charge in [-0.15, -0.1) is 0 Å². The molecule has 2 aromatic rings. The fourth-order valence-electron chi connectivity index (χ4n) is 1.78. The van der Waals surface area contributed by atoms with E-state index in [0.29, 0.717) is 6.42 Å². The Bertz CT molecular complexity index is 529. The maximum absolute atomic E-state index is 12.8. The Morgan fingerprint density at radius 2 is 1.72 bits per heavy atom. The summed E-state index contributed by atoms with van der Waals surface area (Å²) < 4.78 is 12.8. The van der Waals surface area contributed by atoms with Gasteiger partial charge in [-0.3, -0.25) is 0 Å². The maximum Gasteiger partial charge on any atom is 0.123 e. The molecule has 18 heavy (non-hydrogen) atoms. The summed E-state index contributed by atoms with van der Waals surface area (Å²) in [6.07, 6.45) is 0.362. The van der Waals surface area contributed by atoms with Crippen molar-refractivity contribution in [1.82, 2.24) is 0 Å². The summed E-state index contributed by atoms with van der Waals surface area (Å²) in [5.41, 5.74) is 1.85. The van der Waals surface area contributed by atoms with Crippen LogP contribution < -0.4 is 5.32 Å². The Balaban J connectivity index is 2.17. The Kier molecular flexibility index (Phi) is 3.93. The predicted molar refractivity (Wildman–Crippen MR) is 69.4 cm³/mol. The van der Waals surface area contributed by atoms with Gasteiger partial charge in [-0.25, -0.2) is 4.39 Å². The van der Waals surface area contributed by atoms with Gasteiger partial charge in [0.15, 0.2) is 0 Å². The summed E-state index contributed by atoms with van der Waals surface area (Å²) in [6, 6.07) is 18.0.